The fourth-order valence-electron chi connectivity index (χ4n) is 4.81. The van der Waals surface area contributed by atoms with Gasteiger partial charge in [-0.3, -0.25) is 9.36 Å². The number of benzene rings is 3. The molecule has 0 unspecified atom stereocenters. The first-order chi connectivity index (χ1) is 20.4. The van der Waals surface area contributed by atoms with Crippen molar-refractivity contribution in [2.45, 2.75) is 39.5 Å². The van der Waals surface area contributed by atoms with Crippen LogP contribution in [0.5, 0.6) is 11.5 Å². The zero-order valence-electron chi connectivity index (χ0n) is 24.0. The number of nitrogens with two attached hydrogens (primary N) is 1. The van der Waals surface area contributed by atoms with Crippen LogP contribution < -0.4 is 21.1 Å². The Kier molecular flexibility index (Phi) is 8.47. The summed E-state index contributed by atoms with van der Waals surface area (Å²) in [5.74, 6) is 1.37. The molecule has 0 atom stereocenters. The first-order valence-corrected chi connectivity index (χ1v) is 14.0. The van der Waals surface area contributed by atoms with Gasteiger partial charge < -0.3 is 15.4 Å². The Morgan fingerprint density at radius 3 is 2.43 bits per heavy atom. The van der Waals surface area contributed by atoms with Crippen LogP contribution in [0, 0.1) is 6.92 Å². The summed E-state index contributed by atoms with van der Waals surface area (Å²) in [4.78, 5) is 37.1. The molecule has 2 N–H and O–H groups in total. The number of fused-ring (bicyclic) bond motifs is 1. The van der Waals surface area contributed by atoms with E-state index < -0.39 is 0 Å². The maximum atomic E-state index is 14.1. The van der Waals surface area contributed by atoms with Crippen LogP contribution in [0.4, 0.5) is 11.5 Å². The van der Waals surface area contributed by atoms with Crippen LogP contribution in [0.1, 0.15) is 38.2 Å². The lowest BCUT2D eigenvalue weighted by Gasteiger charge is -2.17. The summed E-state index contributed by atoms with van der Waals surface area (Å²) in [5.41, 5.74) is 9.37. The molecule has 0 fully saturated rings. The van der Waals surface area contributed by atoms with Gasteiger partial charge in [0.1, 0.15) is 23.3 Å². The normalized spacial score (nSPS) is 11.3. The van der Waals surface area contributed by atoms with E-state index in [2.05, 4.69) is 16.9 Å². The first kappa shape index (κ1) is 28.4. The Labute approximate surface area is 244 Å². The monoisotopic (exact) mass is 562 g/mol. The standard InChI is InChI=1S/C33H34N6O3/c1-4-5-6-7-11-14-29(40)37(3)25-19-23(2)20-26(21-25)39-32-30(31(34)35-22-36-32)38(33(39)41)24-15-17-28(18-16-24)42-27-12-9-8-10-13-27/h8-22H,4-7H2,1-3H3,(H2,34,35,36)/b14-11+. The average Bonchev–Trinajstić information content (AvgIpc) is 3.30. The highest BCUT2D eigenvalue weighted by molar-refractivity contribution is 6.01. The summed E-state index contributed by atoms with van der Waals surface area (Å²) in [6, 6.07) is 22.2. The summed E-state index contributed by atoms with van der Waals surface area (Å²) in [6.45, 7) is 4.07. The molecular formula is C33H34N6O3. The van der Waals surface area contributed by atoms with Gasteiger partial charge in [0.15, 0.2) is 11.5 Å². The molecule has 0 aliphatic heterocycles. The van der Waals surface area contributed by atoms with Crippen LogP contribution in [0.15, 0.2) is 96.1 Å². The minimum atomic E-state index is -0.365. The smallest absolute Gasteiger partial charge is 0.339 e. The number of imidazole rings is 1. The highest BCUT2D eigenvalue weighted by Crippen LogP contribution is 2.28. The average molecular weight is 563 g/mol. The number of allylic oxidation sites excluding steroid dienone is 1. The van der Waals surface area contributed by atoms with E-state index in [0.717, 1.165) is 31.2 Å². The predicted octanol–water partition coefficient (Wildman–Crippen LogP) is 6.35. The van der Waals surface area contributed by atoms with Gasteiger partial charge in [0.25, 0.3) is 0 Å². The Bertz CT molecular complexity index is 1790. The van der Waals surface area contributed by atoms with Crippen molar-refractivity contribution in [3.63, 3.8) is 0 Å². The number of likely N-dealkylation sites (N-methyl/N-ethyl adjacent to an activating group) is 1. The van der Waals surface area contributed by atoms with E-state index in [4.69, 9.17) is 10.5 Å². The van der Waals surface area contributed by atoms with Crippen molar-refractivity contribution in [1.29, 1.82) is 0 Å². The van der Waals surface area contributed by atoms with E-state index in [1.165, 1.54) is 15.5 Å². The lowest BCUT2D eigenvalue weighted by Crippen LogP contribution is -2.25. The third-order valence-electron chi connectivity index (χ3n) is 6.98. The molecule has 5 rings (SSSR count). The molecule has 3 aromatic carbocycles. The molecule has 0 radical (unpaired) electrons. The van der Waals surface area contributed by atoms with Crippen LogP contribution in [-0.4, -0.2) is 32.1 Å². The van der Waals surface area contributed by atoms with Crippen molar-refractivity contribution in [2.75, 3.05) is 17.7 Å². The molecule has 0 saturated heterocycles. The number of aromatic nitrogens is 4. The van der Waals surface area contributed by atoms with Crippen LogP contribution in [0.2, 0.25) is 0 Å². The van der Waals surface area contributed by atoms with Crippen LogP contribution in [0.3, 0.4) is 0 Å². The summed E-state index contributed by atoms with van der Waals surface area (Å²) in [7, 11) is 1.72. The van der Waals surface area contributed by atoms with Crippen molar-refractivity contribution in [1.82, 2.24) is 19.1 Å². The number of carbonyl (C=O) groups excluding carboxylic acids is 1. The number of unbranched alkanes of at least 4 members (excludes halogenated alkanes) is 3. The summed E-state index contributed by atoms with van der Waals surface area (Å²) in [5, 5.41) is 0. The highest BCUT2D eigenvalue weighted by atomic mass is 16.5. The quantitative estimate of drug-likeness (QED) is 0.157. The second kappa shape index (κ2) is 12.6. The van der Waals surface area contributed by atoms with Crippen LogP contribution in [-0.2, 0) is 4.79 Å². The van der Waals surface area contributed by atoms with Crippen molar-refractivity contribution >= 4 is 28.6 Å². The number of hydrogen-bond donors (Lipinski definition) is 1. The van der Waals surface area contributed by atoms with Crippen molar-refractivity contribution < 1.29 is 9.53 Å². The molecule has 42 heavy (non-hydrogen) atoms. The van der Waals surface area contributed by atoms with Gasteiger partial charge in [0.05, 0.1) is 11.4 Å². The van der Waals surface area contributed by atoms with Gasteiger partial charge in [-0.1, -0.05) is 44.0 Å². The van der Waals surface area contributed by atoms with Gasteiger partial charge in [0, 0.05) is 12.7 Å². The Balaban J connectivity index is 1.53. The zero-order chi connectivity index (χ0) is 29.6. The molecule has 5 aromatic rings. The summed E-state index contributed by atoms with van der Waals surface area (Å²) < 4.78 is 8.91. The van der Waals surface area contributed by atoms with Crippen molar-refractivity contribution in [3.05, 3.63) is 107 Å². The van der Waals surface area contributed by atoms with Gasteiger partial charge in [-0.05, 0) is 86.0 Å². The number of carbonyl (C=O) groups is 1. The molecule has 0 aliphatic rings. The fourth-order valence-corrected chi connectivity index (χ4v) is 4.81. The largest absolute Gasteiger partial charge is 0.457 e. The number of nitrogens with zero attached hydrogens (tertiary/aromatic N) is 5. The summed E-state index contributed by atoms with van der Waals surface area (Å²) in [6.07, 6.45) is 9.05. The second-order valence-corrected chi connectivity index (χ2v) is 10.1. The number of ether oxygens (including phenoxy) is 1. The number of anilines is 2. The van der Waals surface area contributed by atoms with E-state index in [0.29, 0.717) is 39.7 Å². The number of aryl methyl sites for hydroxylation is 1. The predicted molar refractivity (Wildman–Crippen MR) is 167 cm³/mol. The lowest BCUT2D eigenvalue weighted by molar-refractivity contribution is -0.113. The Morgan fingerprint density at radius 2 is 1.69 bits per heavy atom. The molecular weight excluding hydrogens is 528 g/mol. The van der Waals surface area contributed by atoms with Gasteiger partial charge in [0.2, 0.25) is 5.91 Å². The molecule has 2 heterocycles. The maximum absolute atomic E-state index is 14.1. The molecule has 0 aliphatic carbocycles. The maximum Gasteiger partial charge on any atom is 0.339 e. The van der Waals surface area contributed by atoms with Crippen molar-refractivity contribution in [2.24, 2.45) is 0 Å². The minimum absolute atomic E-state index is 0.137. The number of hydrogen-bond acceptors (Lipinski definition) is 6. The number of para-hydroxylation sites is 1. The molecule has 1 amide bonds. The fraction of sp³-hybridized carbons (Fsp3) is 0.212. The topological polar surface area (TPSA) is 108 Å². The SMILES string of the molecule is CCCCC/C=C/C(=O)N(C)c1cc(C)cc(-n2c(=O)n(-c3ccc(Oc4ccccc4)cc3)c3c(N)ncnc32)c1. The van der Waals surface area contributed by atoms with E-state index in [9.17, 15) is 9.59 Å². The lowest BCUT2D eigenvalue weighted by atomic mass is 10.1. The Hall–Kier alpha value is -5.18. The van der Waals surface area contributed by atoms with Gasteiger partial charge in [-0.15, -0.1) is 0 Å². The van der Waals surface area contributed by atoms with Gasteiger partial charge in [-0.2, -0.15) is 0 Å². The van der Waals surface area contributed by atoms with E-state index >= 15 is 0 Å². The molecule has 214 valence electrons. The highest BCUT2D eigenvalue weighted by Gasteiger charge is 2.21. The molecule has 0 spiro atoms. The molecule has 2 aromatic heterocycles. The number of rotatable bonds is 10. The van der Waals surface area contributed by atoms with Gasteiger partial charge in [-0.25, -0.2) is 19.3 Å². The third kappa shape index (κ3) is 5.95. The van der Waals surface area contributed by atoms with E-state index in [1.54, 1.807) is 48.4 Å². The van der Waals surface area contributed by atoms with E-state index in [1.807, 2.05) is 55.5 Å². The van der Waals surface area contributed by atoms with E-state index in [-0.39, 0.29) is 17.4 Å². The molecule has 0 bridgehead atoms. The van der Waals surface area contributed by atoms with Crippen LogP contribution >= 0.6 is 0 Å². The molecule has 9 heteroatoms. The first-order valence-electron chi connectivity index (χ1n) is 14.0. The number of amides is 1. The van der Waals surface area contributed by atoms with Crippen LogP contribution in [0.25, 0.3) is 22.5 Å². The molecule has 9 nitrogen and oxygen atoms in total. The Morgan fingerprint density at radius 1 is 0.952 bits per heavy atom. The van der Waals surface area contributed by atoms with Gasteiger partial charge >= 0.3 is 5.69 Å². The second-order valence-electron chi connectivity index (χ2n) is 10.1. The van der Waals surface area contributed by atoms with Crippen molar-refractivity contribution in [3.8, 4) is 22.9 Å². The summed E-state index contributed by atoms with van der Waals surface area (Å²) >= 11 is 0. The third-order valence-corrected chi connectivity index (χ3v) is 6.98. The zero-order valence-corrected chi connectivity index (χ0v) is 24.0. The minimum Gasteiger partial charge on any atom is -0.457 e. The molecule has 0 saturated carbocycles. The number of nitrogen functional groups attached to an aromatic ring is 1.